The van der Waals surface area contributed by atoms with Crippen molar-refractivity contribution in [1.82, 2.24) is 9.88 Å². The Morgan fingerprint density at radius 2 is 2.31 bits per heavy atom. The lowest BCUT2D eigenvalue weighted by Gasteiger charge is -2.33. The molecule has 1 saturated carbocycles. The second kappa shape index (κ2) is 4.93. The molecule has 0 radical (unpaired) electrons. The molecule has 3 nitrogen and oxygen atoms in total. The maximum absolute atomic E-state index is 6.14. The zero-order valence-electron chi connectivity index (χ0n) is 10.1. The van der Waals surface area contributed by atoms with Gasteiger partial charge in [0, 0.05) is 24.5 Å². The van der Waals surface area contributed by atoms with Crippen LogP contribution in [0.3, 0.4) is 0 Å². The zero-order valence-corrected chi connectivity index (χ0v) is 10.1. The first-order chi connectivity index (χ1) is 7.74. The van der Waals surface area contributed by atoms with E-state index in [-0.39, 0.29) is 6.04 Å². The third kappa shape index (κ3) is 2.42. The third-order valence-electron chi connectivity index (χ3n) is 3.26. The molecule has 2 atom stereocenters. The lowest BCUT2D eigenvalue weighted by atomic mass is 10.0. The van der Waals surface area contributed by atoms with Gasteiger partial charge in [0.15, 0.2) is 0 Å². The van der Waals surface area contributed by atoms with Gasteiger partial charge in [0.2, 0.25) is 0 Å². The van der Waals surface area contributed by atoms with Crippen LogP contribution in [0.2, 0.25) is 0 Å². The largest absolute Gasteiger partial charge is 0.326 e. The van der Waals surface area contributed by atoms with Crippen LogP contribution < -0.4 is 5.73 Å². The predicted octanol–water partition coefficient (Wildman–Crippen LogP) is 1.95. The van der Waals surface area contributed by atoms with Crippen LogP contribution >= 0.6 is 0 Å². The van der Waals surface area contributed by atoms with Gasteiger partial charge in [0.05, 0.1) is 6.04 Å². The topological polar surface area (TPSA) is 42.2 Å². The van der Waals surface area contributed by atoms with Gasteiger partial charge in [-0.2, -0.15) is 0 Å². The zero-order chi connectivity index (χ0) is 11.5. The molecule has 2 unspecified atom stereocenters. The van der Waals surface area contributed by atoms with E-state index < -0.39 is 0 Å². The van der Waals surface area contributed by atoms with Gasteiger partial charge in [0.1, 0.15) is 0 Å². The first-order valence-electron chi connectivity index (χ1n) is 6.15. The fraction of sp³-hybridized carbons (Fsp3) is 0.615. The van der Waals surface area contributed by atoms with Gasteiger partial charge in [-0.05, 0) is 37.9 Å². The molecule has 1 aliphatic carbocycles. The summed E-state index contributed by atoms with van der Waals surface area (Å²) in [6, 6.07) is 5.31. The molecule has 0 aliphatic heterocycles. The maximum Gasteiger partial charge on any atom is 0.0514 e. The minimum absolute atomic E-state index is 0.143. The molecule has 0 amide bonds. The Bertz CT molecular complexity index is 319. The molecular formula is C13H21N3. The van der Waals surface area contributed by atoms with Crippen LogP contribution in [0, 0.1) is 0 Å². The van der Waals surface area contributed by atoms with Crippen LogP contribution in [0.25, 0.3) is 0 Å². The van der Waals surface area contributed by atoms with Crippen molar-refractivity contribution in [3.63, 3.8) is 0 Å². The van der Waals surface area contributed by atoms with Gasteiger partial charge in [-0.25, -0.2) is 0 Å². The summed E-state index contributed by atoms with van der Waals surface area (Å²) in [6.45, 7) is 5.36. The molecule has 0 aromatic carbocycles. The summed E-state index contributed by atoms with van der Waals surface area (Å²) in [5.74, 6) is 0. The van der Waals surface area contributed by atoms with E-state index in [4.69, 9.17) is 5.73 Å². The summed E-state index contributed by atoms with van der Waals surface area (Å²) in [6.07, 6.45) is 6.39. The Morgan fingerprint density at radius 3 is 2.75 bits per heavy atom. The Labute approximate surface area is 97.7 Å². The number of hydrogen-bond donors (Lipinski definition) is 1. The first-order valence-corrected chi connectivity index (χ1v) is 6.15. The Morgan fingerprint density at radius 1 is 1.56 bits per heavy atom. The van der Waals surface area contributed by atoms with Crippen molar-refractivity contribution in [2.75, 3.05) is 6.54 Å². The molecular weight excluding hydrogens is 198 g/mol. The normalized spacial score (nSPS) is 19.8. The average Bonchev–Trinajstić information content (AvgIpc) is 3.10. The number of aromatic nitrogens is 1. The fourth-order valence-corrected chi connectivity index (χ4v) is 2.44. The molecule has 0 spiro atoms. The quantitative estimate of drug-likeness (QED) is 0.823. The highest BCUT2D eigenvalue weighted by Gasteiger charge is 2.35. The highest BCUT2D eigenvalue weighted by Crippen LogP contribution is 2.35. The van der Waals surface area contributed by atoms with Gasteiger partial charge in [-0.1, -0.05) is 13.0 Å². The van der Waals surface area contributed by atoms with Crippen molar-refractivity contribution in [3.8, 4) is 0 Å². The van der Waals surface area contributed by atoms with Crippen molar-refractivity contribution < 1.29 is 0 Å². The second-order valence-electron chi connectivity index (χ2n) is 4.65. The lowest BCUT2D eigenvalue weighted by Crippen LogP contribution is -2.40. The SMILES string of the molecule is CCN(C1CC1)C(c1cccnc1)C(C)N. The van der Waals surface area contributed by atoms with Crippen LogP contribution in [-0.2, 0) is 0 Å². The van der Waals surface area contributed by atoms with Crippen LogP contribution in [0.5, 0.6) is 0 Å². The average molecular weight is 219 g/mol. The summed E-state index contributed by atoms with van der Waals surface area (Å²) in [5, 5.41) is 0. The van der Waals surface area contributed by atoms with Crippen molar-refractivity contribution >= 4 is 0 Å². The number of nitrogens with zero attached hydrogens (tertiary/aromatic N) is 2. The molecule has 1 aromatic rings. The van der Waals surface area contributed by atoms with E-state index in [0.717, 1.165) is 12.6 Å². The molecule has 3 heteroatoms. The molecule has 16 heavy (non-hydrogen) atoms. The van der Waals surface area contributed by atoms with Crippen molar-refractivity contribution in [1.29, 1.82) is 0 Å². The van der Waals surface area contributed by atoms with Crippen molar-refractivity contribution in [3.05, 3.63) is 30.1 Å². The van der Waals surface area contributed by atoms with Crippen molar-refractivity contribution in [2.24, 2.45) is 5.73 Å². The van der Waals surface area contributed by atoms with Gasteiger partial charge in [-0.15, -0.1) is 0 Å². The molecule has 0 bridgehead atoms. The van der Waals surface area contributed by atoms with Crippen LogP contribution in [0.4, 0.5) is 0 Å². The summed E-state index contributed by atoms with van der Waals surface area (Å²) < 4.78 is 0. The molecule has 88 valence electrons. The molecule has 2 N–H and O–H groups in total. The summed E-state index contributed by atoms with van der Waals surface area (Å²) in [4.78, 5) is 6.72. The molecule has 1 aromatic heterocycles. The van der Waals surface area contributed by atoms with E-state index in [2.05, 4.69) is 29.8 Å². The Balaban J connectivity index is 2.22. The van der Waals surface area contributed by atoms with Gasteiger partial charge in [0.25, 0.3) is 0 Å². The van der Waals surface area contributed by atoms with E-state index in [9.17, 15) is 0 Å². The smallest absolute Gasteiger partial charge is 0.0514 e. The highest BCUT2D eigenvalue weighted by atomic mass is 15.2. The highest BCUT2D eigenvalue weighted by molar-refractivity contribution is 5.17. The Kier molecular flexibility index (Phi) is 3.56. The number of nitrogens with two attached hydrogens (primary N) is 1. The number of hydrogen-bond acceptors (Lipinski definition) is 3. The minimum Gasteiger partial charge on any atom is -0.326 e. The molecule has 1 fully saturated rings. The maximum atomic E-state index is 6.14. The fourth-order valence-electron chi connectivity index (χ4n) is 2.44. The summed E-state index contributed by atoms with van der Waals surface area (Å²) in [5.41, 5.74) is 7.38. The van der Waals surface area contributed by atoms with Crippen LogP contribution in [0.1, 0.15) is 38.3 Å². The third-order valence-corrected chi connectivity index (χ3v) is 3.26. The summed E-state index contributed by atoms with van der Waals surface area (Å²) in [7, 11) is 0. The van der Waals surface area contributed by atoms with Crippen LogP contribution in [-0.4, -0.2) is 28.5 Å². The van der Waals surface area contributed by atoms with E-state index >= 15 is 0 Å². The van der Waals surface area contributed by atoms with Gasteiger partial charge >= 0.3 is 0 Å². The predicted molar refractivity (Wildman–Crippen MR) is 66.0 cm³/mol. The molecule has 0 saturated heterocycles. The van der Waals surface area contributed by atoms with Gasteiger partial charge in [-0.3, -0.25) is 9.88 Å². The molecule has 1 heterocycles. The van der Waals surface area contributed by atoms with E-state index in [1.54, 1.807) is 0 Å². The second-order valence-corrected chi connectivity index (χ2v) is 4.65. The van der Waals surface area contributed by atoms with E-state index in [1.807, 2.05) is 18.5 Å². The van der Waals surface area contributed by atoms with Crippen molar-refractivity contribution in [2.45, 2.75) is 44.8 Å². The number of pyridine rings is 1. The van der Waals surface area contributed by atoms with E-state index in [0.29, 0.717) is 6.04 Å². The van der Waals surface area contributed by atoms with E-state index in [1.165, 1.54) is 18.4 Å². The van der Waals surface area contributed by atoms with Crippen LogP contribution in [0.15, 0.2) is 24.5 Å². The molecule has 2 rings (SSSR count). The minimum atomic E-state index is 0.143. The first kappa shape index (κ1) is 11.6. The summed E-state index contributed by atoms with van der Waals surface area (Å²) >= 11 is 0. The standard InChI is InChI=1S/C13H21N3/c1-3-16(12-6-7-12)13(10(2)14)11-5-4-8-15-9-11/h4-5,8-10,12-13H,3,6-7,14H2,1-2H3. The molecule has 1 aliphatic rings. The number of likely N-dealkylation sites (N-methyl/N-ethyl adjacent to an activating group) is 1. The van der Waals surface area contributed by atoms with Gasteiger partial charge < -0.3 is 5.73 Å². The Hall–Kier alpha value is -0.930. The lowest BCUT2D eigenvalue weighted by molar-refractivity contribution is 0.175. The number of rotatable bonds is 5. The monoisotopic (exact) mass is 219 g/mol.